The van der Waals surface area contributed by atoms with E-state index in [1.54, 1.807) is 0 Å². The number of halogens is 2. The Labute approximate surface area is 106 Å². The van der Waals surface area contributed by atoms with Crippen LogP contribution in [0, 0.1) is 5.92 Å². The van der Waals surface area contributed by atoms with Crippen LogP contribution in [-0.2, 0) is 6.42 Å². The number of rotatable bonds is 0. The largest absolute Gasteiger partial charge is 0.381 e. The lowest BCUT2D eigenvalue weighted by Gasteiger charge is -2.38. The summed E-state index contributed by atoms with van der Waals surface area (Å²) in [5.41, 5.74) is 2.41. The van der Waals surface area contributed by atoms with Gasteiger partial charge in [-0.1, -0.05) is 42.1 Å². The second-order valence-electron chi connectivity index (χ2n) is 4.89. The third-order valence-corrected chi connectivity index (χ3v) is 4.71. The highest BCUT2D eigenvalue weighted by Gasteiger charge is 2.31. The molecule has 2 aliphatic rings. The minimum Gasteiger partial charge on any atom is -0.381 e. The highest BCUT2D eigenvalue weighted by atomic mass is 35.5. The number of anilines is 1. The molecule has 1 saturated carbocycles. The third kappa shape index (κ3) is 1.70. The van der Waals surface area contributed by atoms with Crippen LogP contribution in [0.4, 0.5) is 5.69 Å². The minimum atomic E-state index is 0.609. The average Bonchev–Trinajstić information content (AvgIpc) is 2.32. The Morgan fingerprint density at radius 2 is 1.94 bits per heavy atom. The maximum atomic E-state index is 6.25. The fraction of sp³-hybridized carbons (Fsp3) is 0.538. The molecular weight excluding hydrogens is 241 g/mol. The zero-order valence-corrected chi connectivity index (χ0v) is 10.6. The molecule has 86 valence electrons. The number of fused-ring (bicyclic) bond motifs is 2. The van der Waals surface area contributed by atoms with E-state index in [1.807, 2.05) is 6.07 Å². The lowest BCUT2D eigenvalue weighted by molar-refractivity contribution is 0.315. The molecule has 0 saturated heterocycles. The van der Waals surface area contributed by atoms with Crippen molar-refractivity contribution in [2.24, 2.45) is 5.92 Å². The van der Waals surface area contributed by atoms with Gasteiger partial charge in [-0.05, 0) is 36.8 Å². The quantitative estimate of drug-likeness (QED) is 0.719. The Kier molecular flexibility index (Phi) is 2.76. The minimum absolute atomic E-state index is 0.609. The van der Waals surface area contributed by atoms with Crippen LogP contribution < -0.4 is 5.32 Å². The van der Waals surface area contributed by atoms with E-state index in [4.69, 9.17) is 23.2 Å². The average molecular weight is 256 g/mol. The van der Waals surface area contributed by atoms with Gasteiger partial charge in [0.1, 0.15) is 0 Å². The summed E-state index contributed by atoms with van der Waals surface area (Å²) in [7, 11) is 0. The summed E-state index contributed by atoms with van der Waals surface area (Å²) in [6, 6.07) is 4.63. The van der Waals surface area contributed by atoms with E-state index in [0.717, 1.165) is 18.0 Å². The zero-order chi connectivity index (χ0) is 11.1. The van der Waals surface area contributed by atoms with Crippen molar-refractivity contribution >= 4 is 28.9 Å². The summed E-state index contributed by atoms with van der Waals surface area (Å²) < 4.78 is 0. The smallest absolute Gasteiger partial charge is 0.0826 e. The molecule has 16 heavy (non-hydrogen) atoms. The van der Waals surface area contributed by atoms with Crippen molar-refractivity contribution in [2.45, 2.75) is 38.1 Å². The maximum absolute atomic E-state index is 6.25. The van der Waals surface area contributed by atoms with E-state index in [2.05, 4.69) is 11.4 Å². The third-order valence-electron chi connectivity index (χ3n) is 3.90. The lowest BCUT2D eigenvalue weighted by Crippen LogP contribution is -2.37. The molecule has 1 aromatic rings. The van der Waals surface area contributed by atoms with Crippen molar-refractivity contribution < 1.29 is 0 Å². The summed E-state index contributed by atoms with van der Waals surface area (Å²) in [5, 5.41) is 4.94. The van der Waals surface area contributed by atoms with Gasteiger partial charge in [-0.25, -0.2) is 0 Å². The Balaban J connectivity index is 1.98. The van der Waals surface area contributed by atoms with Crippen molar-refractivity contribution in [2.75, 3.05) is 5.32 Å². The molecule has 1 fully saturated rings. The summed E-state index contributed by atoms with van der Waals surface area (Å²) in [6.45, 7) is 0. The lowest BCUT2D eigenvalue weighted by atomic mass is 9.78. The van der Waals surface area contributed by atoms with Crippen molar-refractivity contribution in [1.29, 1.82) is 0 Å². The molecule has 0 spiro atoms. The van der Waals surface area contributed by atoms with Crippen molar-refractivity contribution in [3.63, 3.8) is 0 Å². The Morgan fingerprint density at radius 1 is 1.12 bits per heavy atom. The molecule has 2 unspecified atom stereocenters. The molecule has 1 heterocycles. The van der Waals surface area contributed by atoms with Gasteiger partial charge in [0.2, 0.25) is 0 Å². The van der Waals surface area contributed by atoms with Gasteiger partial charge in [0.25, 0.3) is 0 Å². The van der Waals surface area contributed by atoms with Gasteiger partial charge in [-0.15, -0.1) is 0 Å². The summed E-state index contributed by atoms with van der Waals surface area (Å²) in [4.78, 5) is 0. The van der Waals surface area contributed by atoms with Gasteiger partial charge in [-0.2, -0.15) is 0 Å². The van der Waals surface area contributed by atoms with Crippen LogP contribution in [0.2, 0.25) is 10.0 Å². The molecule has 3 rings (SSSR count). The highest BCUT2D eigenvalue weighted by Crippen LogP contribution is 2.41. The van der Waals surface area contributed by atoms with Gasteiger partial charge in [-0.3, -0.25) is 0 Å². The fourth-order valence-electron chi connectivity index (χ4n) is 3.03. The number of nitrogens with one attached hydrogen (secondary N) is 1. The number of hydrogen-bond donors (Lipinski definition) is 1. The highest BCUT2D eigenvalue weighted by molar-refractivity contribution is 6.43. The maximum Gasteiger partial charge on any atom is 0.0826 e. The SMILES string of the molecule is Clc1ccc2c(c1Cl)NC1CCCCC1C2. The molecule has 0 bridgehead atoms. The normalized spacial score (nSPS) is 27.9. The zero-order valence-electron chi connectivity index (χ0n) is 9.10. The predicted octanol–water partition coefficient (Wildman–Crippen LogP) is 4.52. The molecule has 0 amide bonds. The van der Waals surface area contributed by atoms with E-state index in [-0.39, 0.29) is 0 Å². The summed E-state index contributed by atoms with van der Waals surface area (Å²) in [5.74, 6) is 0.790. The first-order valence-corrected chi connectivity index (χ1v) is 6.74. The molecule has 1 aromatic carbocycles. The fourth-order valence-corrected chi connectivity index (χ4v) is 3.42. The first kappa shape index (κ1) is 10.7. The number of benzene rings is 1. The molecule has 3 heteroatoms. The first-order valence-electron chi connectivity index (χ1n) is 5.99. The summed E-state index contributed by atoms with van der Waals surface area (Å²) in [6.07, 6.45) is 6.48. The van der Waals surface area contributed by atoms with E-state index >= 15 is 0 Å². The predicted molar refractivity (Wildman–Crippen MR) is 69.5 cm³/mol. The van der Waals surface area contributed by atoms with Crippen LogP contribution in [0.15, 0.2) is 12.1 Å². The number of hydrogen-bond acceptors (Lipinski definition) is 1. The van der Waals surface area contributed by atoms with Gasteiger partial charge < -0.3 is 5.32 Å². The van der Waals surface area contributed by atoms with E-state index in [1.165, 1.54) is 31.2 Å². The van der Waals surface area contributed by atoms with Crippen molar-refractivity contribution in [3.05, 3.63) is 27.7 Å². The van der Waals surface area contributed by atoms with Crippen molar-refractivity contribution in [1.82, 2.24) is 0 Å². The van der Waals surface area contributed by atoms with Gasteiger partial charge in [0, 0.05) is 6.04 Å². The Hall–Kier alpha value is -0.400. The van der Waals surface area contributed by atoms with Crippen LogP contribution in [0.5, 0.6) is 0 Å². The standard InChI is InChI=1S/C13H15Cl2N/c14-10-6-5-9-7-8-3-1-2-4-11(8)16-13(9)12(10)15/h5-6,8,11,16H,1-4,7H2. The second-order valence-corrected chi connectivity index (χ2v) is 5.68. The summed E-state index contributed by atoms with van der Waals surface area (Å²) >= 11 is 12.3. The molecule has 2 atom stereocenters. The van der Waals surface area contributed by atoms with Gasteiger partial charge in [0.05, 0.1) is 15.7 Å². The first-order chi connectivity index (χ1) is 7.75. The molecule has 1 aliphatic carbocycles. The van der Waals surface area contributed by atoms with Gasteiger partial charge >= 0.3 is 0 Å². The molecule has 0 radical (unpaired) electrons. The Morgan fingerprint density at radius 3 is 2.81 bits per heavy atom. The van der Waals surface area contributed by atoms with Crippen molar-refractivity contribution in [3.8, 4) is 0 Å². The molecule has 1 N–H and O–H groups in total. The van der Waals surface area contributed by atoms with Gasteiger partial charge in [0.15, 0.2) is 0 Å². The monoisotopic (exact) mass is 255 g/mol. The molecule has 1 nitrogen and oxygen atoms in total. The second kappa shape index (κ2) is 4.12. The van der Waals surface area contributed by atoms with Crippen LogP contribution in [0.3, 0.4) is 0 Å². The Bertz CT molecular complexity index is 417. The molecule has 0 aromatic heterocycles. The van der Waals surface area contributed by atoms with E-state index in [9.17, 15) is 0 Å². The van der Waals surface area contributed by atoms with Crippen LogP contribution in [0.1, 0.15) is 31.2 Å². The van der Waals surface area contributed by atoms with E-state index < -0.39 is 0 Å². The van der Waals surface area contributed by atoms with Crippen LogP contribution >= 0.6 is 23.2 Å². The molecular formula is C13H15Cl2N. The topological polar surface area (TPSA) is 12.0 Å². The van der Waals surface area contributed by atoms with Crippen LogP contribution in [-0.4, -0.2) is 6.04 Å². The molecule has 1 aliphatic heterocycles. The van der Waals surface area contributed by atoms with E-state index in [0.29, 0.717) is 16.1 Å². The van der Waals surface area contributed by atoms with Crippen LogP contribution in [0.25, 0.3) is 0 Å².